The summed E-state index contributed by atoms with van der Waals surface area (Å²) in [5, 5.41) is 12.7. The molecule has 4 nitrogen and oxygen atoms in total. The predicted molar refractivity (Wildman–Crippen MR) is 102 cm³/mol. The highest BCUT2D eigenvalue weighted by Crippen LogP contribution is 2.38. The van der Waals surface area contributed by atoms with Crippen LogP contribution in [0.2, 0.25) is 0 Å². The Labute approximate surface area is 154 Å². The van der Waals surface area contributed by atoms with Crippen molar-refractivity contribution in [2.75, 3.05) is 13.1 Å². The standard InChI is InChI=1S/C22H26N2O2/c25-22(26)18-8-6-16(7-9-18)12-23-21-11-10-19-14-24(15-20(19)21)13-17-4-2-1-3-5-17/h1-9,19-21,23H,10-15H2,(H,25,26). The first kappa shape index (κ1) is 17.3. The van der Waals surface area contributed by atoms with Crippen LogP contribution < -0.4 is 5.32 Å². The number of aromatic carboxylic acids is 1. The van der Waals surface area contributed by atoms with Crippen LogP contribution in [0.5, 0.6) is 0 Å². The summed E-state index contributed by atoms with van der Waals surface area (Å²) in [7, 11) is 0. The van der Waals surface area contributed by atoms with Gasteiger partial charge in [0, 0.05) is 32.2 Å². The zero-order valence-corrected chi connectivity index (χ0v) is 15.0. The predicted octanol–water partition coefficient (Wildman–Crippen LogP) is 3.39. The van der Waals surface area contributed by atoms with Gasteiger partial charge in [-0.05, 0) is 47.9 Å². The molecule has 4 heteroatoms. The Morgan fingerprint density at radius 3 is 2.50 bits per heavy atom. The van der Waals surface area contributed by atoms with Gasteiger partial charge in [0.1, 0.15) is 0 Å². The van der Waals surface area contributed by atoms with Gasteiger partial charge in [-0.2, -0.15) is 0 Å². The van der Waals surface area contributed by atoms with Gasteiger partial charge in [0.2, 0.25) is 0 Å². The first-order valence-electron chi connectivity index (χ1n) is 9.51. The topological polar surface area (TPSA) is 52.6 Å². The maximum atomic E-state index is 10.9. The summed E-state index contributed by atoms with van der Waals surface area (Å²) in [5.41, 5.74) is 2.90. The molecule has 0 amide bonds. The van der Waals surface area contributed by atoms with Crippen molar-refractivity contribution in [2.45, 2.75) is 32.0 Å². The number of hydrogen-bond acceptors (Lipinski definition) is 3. The summed E-state index contributed by atoms with van der Waals surface area (Å²) in [6.07, 6.45) is 2.56. The van der Waals surface area contributed by atoms with Crippen LogP contribution in [0, 0.1) is 11.8 Å². The van der Waals surface area contributed by atoms with Crippen molar-refractivity contribution < 1.29 is 9.90 Å². The van der Waals surface area contributed by atoms with Gasteiger partial charge in [-0.25, -0.2) is 4.79 Å². The van der Waals surface area contributed by atoms with E-state index in [-0.39, 0.29) is 0 Å². The maximum Gasteiger partial charge on any atom is 0.335 e. The van der Waals surface area contributed by atoms with Crippen LogP contribution in [-0.4, -0.2) is 35.1 Å². The Kier molecular flexibility index (Phi) is 5.05. The molecule has 136 valence electrons. The number of carboxylic acid groups (broad SMARTS) is 1. The molecule has 3 atom stereocenters. The zero-order valence-electron chi connectivity index (χ0n) is 15.0. The Morgan fingerprint density at radius 2 is 1.77 bits per heavy atom. The van der Waals surface area contributed by atoms with E-state index in [1.54, 1.807) is 12.1 Å². The van der Waals surface area contributed by atoms with Gasteiger partial charge in [-0.15, -0.1) is 0 Å². The van der Waals surface area contributed by atoms with Gasteiger partial charge in [0.05, 0.1) is 5.56 Å². The monoisotopic (exact) mass is 350 g/mol. The Hall–Kier alpha value is -2.17. The van der Waals surface area contributed by atoms with E-state index in [0.29, 0.717) is 11.6 Å². The van der Waals surface area contributed by atoms with Gasteiger partial charge in [0.15, 0.2) is 0 Å². The number of carboxylic acids is 1. The number of fused-ring (bicyclic) bond motifs is 1. The summed E-state index contributed by atoms with van der Waals surface area (Å²) in [6, 6.07) is 18.5. The molecule has 1 aliphatic carbocycles. The fraction of sp³-hybridized carbons (Fsp3) is 0.409. The van der Waals surface area contributed by atoms with Crippen molar-refractivity contribution in [3.05, 3.63) is 71.3 Å². The van der Waals surface area contributed by atoms with Crippen molar-refractivity contribution in [1.82, 2.24) is 10.2 Å². The molecule has 2 aromatic carbocycles. The van der Waals surface area contributed by atoms with Gasteiger partial charge >= 0.3 is 5.97 Å². The van der Waals surface area contributed by atoms with Gasteiger partial charge < -0.3 is 10.4 Å². The fourth-order valence-electron chi connectivity index (χ4n) is 4.60. The van der Waals surface area contributed by atoms with E-state index in [2.05, 4.69) is 40.5 Å². The molecule has 3 unspecified atom stereocenters. The van der Waals surface area contributed by atoms with Crippen LogP contribution in [0.3, 0.4) is 0 Å². The van der Waals surface area contributed by atoms with Crippen molar-refractivity contribution in [1.29, 1.82) is 0 Å². The van der Waals surface area contributed by atoms with Crippen molar-refractivity contribution in [3.8, 4) is 0 Å². The lowest BCUT2D eigenvalue weighted by Gasteiger charge is -2.22. The van der Waals surface area contributed by atoms with E-state index in [4.69, 9.17) is 5.11 Å². The van der Waals surface area contributed by atoms with E-state index in [0.717, 1.165) is 30.5 Å². The Morgan fingerprint density at radius 1 is 1.00 bits per heavy atom. The molecule has 1 aliphatic heterocycles. The van der Waals surface area contributed by atoms with Crippen LogP contribution >= 0.6 is 0 Å². The second-order valence-corrected chi connectivity index (χ2v) is 7.67. The van der Waals surface area contributed by atoms with Gasteiger partial charge in [0.25, 0.3) is 0 Å². The quantitative estimate of drug-likeness (QED) is 0.839. The van der Waals surface area contributed by atoms with E-state index in [1.165, 1.54) is 31.5 Å². The fourth-order valence-corrected chi connectivity index (χ4v) is 4.60. The lowest BCUT2D eigenvalue weighted by molar-refractivity contribution is 0.0697. The zero-order chi connectivity index (χ0) is 17.9. The van der Waals surface area contributed by atoms with E-state index in [9.17, 15) is 4.79 Å². The van der Waals surface area contributed by atoms with Gasteiger partial charge in [-0.1, -0.05) is 42.5 Å². The second-order valence-electron chi connectivity index (χ2n) is 7.67. The number of rotatable bonds is 6. The summed E-state index contributed by atoms with van der Waals surface area (Å²) >= 11 is 0. The molecular formula is C22H26N2O2. The molecule has 1 saturated carbocycles. The average Bonchev–Trinajstić information content (AvgIpc) is 3.21. The average molecular weight is 350 g/mol. The second kappa shape index (κ2) is 7.60. The third kappa shape index (κ3) is 3.81. The molecule has 2 fully saturated rings. The Bertz CT molecular complexity index is 744. The minimum atomic E-state index is -0.868. The van der Waals surface area contributed by atoms with Crippen LogP contribution in [0.1, 0.15) is 34.3 Å². The first-order chi connectivity index (χ1) is 12.7. The molecule has 4 rings (SSSR count). The SMILES string of the molecule is O=C(O)c1ccc(CNC2CCC3CN(Cc4ccccc4)CC32)cc1. The number of benzene rings is 2. The van der Waals surface area contributed by atoms with Crippen molar-refractivity contribution in [2.24, 2.45) is 11.8 Å². The van der Waals surface area contributed by atoms with Crippen LogP contribution in [0.4, 0.5) is 0 Å². The minimum Gasteiger partial charge on any atom is -0.478 e. The molecule has 0 spiro atoms. The molecule has 2 aromatic rings. The summed E-state index contributed by atoms with van der Waals surface area (Å²) in [5.74, 6) is 0.676. The number of likely N-dealkylation sites (tertiary alicyclic amines) is 1. The number of nitrogens with zero attached hydrogens (tertiary/aromatic N) is 1. The van der Waals surface area contributed by atoms with E-state index >= 15 is 0 Å². The molecule has 0 bridgehead atoms. The number of hydrogen-bond donors (Lipinski definition) is 2. The highest BCUT2D eigenvalue weighted by Gasteiger charge is 2.42. The van der Waals surface area contributed by atoms with Crippen LogP contribution in [0.15, 0.2) is 54.6 Å². The third-order valence-corrected chi connectivity index (χ3v) is 5.95. The lowest BCUT2D eigenvalue weighted by atomic mass is 9.97. The minimum absolute atomic E-state index is 0.349. The normalized spacial score (nSPS) is 25.3. The van der Waals surface area contributed by atoms with Crippen LogP contribution in [0.25, 0.3) is 0 Å². The van der Waals surface area contributed by atoms with Crippen molar-refractivity contribution >= 4 is 5.97 Å². The molecular weight excluding hydrogens is 324 g/mol. The largest absolute Gasteiger partial charge is 0.478 e. The molecule has 0 radical (unpaired) electrons. The third-order valence-electron chi connectivity index (χ3n) is 5.95. The first-order valence-corrected chi connectivity index (χ1v) is 9.51. The molecule has 26 heavy (non-hydrogen) atoms. The summed E-state index contributed by atoms with van der Waals surface area (Å²) < 4.78 is 0. The summed E-state index contributed by atoms with van der Waals surface area (Å²) in [4.78, 5) is 13.5. The van der Waals surface area contributed by atoms with Crippen molar-refractivity contribution in [3.63, 3.8) is 0 Å². The maximum absolute atomic E-state index is 10.9. The smallest absolute Gasteiger partial charge is 0.335 e. The van der Waals surface area contributed by atoms with E-state index < -0.39 is 5.97 Å². The number of carbonyl (C=O) groups is 1. The highest BCUT2D eigenvalue weighted by molar-refractivity contribution is 5.87. The summed E-state index contributed by atoms with van der Waals surface area (Å²) in [6.45, 7) is 4.25. The number of nitrogens with one attached hydrogen (secondary N) is 1. The highest BCUT2D eigenvalue weighted by atomic mass is 16.4. The molecule has 0 aromatic heterocycles. The van der Waals surface area contributed by atoms with Gasteiger partial charge in [-0.3, -0.25) is 4.90 Å². The molecule has 1 heterocycles. The van der Waals surface area contributed by atoms with Crippen LogP contribution in [-0.2, 0) is 13.1 Å². The molecule has 1 saturated heterocycles. The Balaban J connectivity index is 1.31. The van der Waals surface area contributed by atoms with E-state index in [1.807, 2.05) is 12.1 Å². The lowest BCUT2D eigenvalue weighted by Crippen LogP contribution is -2.35. The molecule has 2 N–H and O–H groups in total. The molecule has 2 aliphatic rings.